The number of hydrogen-bond acceptors (Lipinski definition) is 4. The highest BCUT2D eigenvalue weighted by molar-refractivity contribution is 7.80. The topological polar surface area (TPSA) is 48.1 Å². The van der Waals surface area contributed by atoms with Gasteiger partial charge in [-0.15, -0.1) is 11.3 Å². The summed E-state index contributed by atoms with van der Waals surface area (Å²) in [4.78, 5) is 4.99. The lowest BCUT2D eigenvalue weighted by molar-refractivity contribution is 0.305. The molecule has 0 atom stereocenters. The average molecular weight is 306 g/mol. The maximum absolute atomic E-state index is 5.72. The number of thiazole rings is 1. The molecular formula is C15H18N2OS2. The van der Waals surface area contributed by atoms with E-state index >= 15 is 0 Å². The molecule has 2 rings (SSSR count). The Balaban J connectivity index is 1.98. The van der Waals surface area contributed by atoms with Crippen LogP contribution in [0.2, 0.25) is 0 Å². The van der Waals surface area contributed by atoms with Crippen LogP contribution in [0.25, 0.3) is 0 Å². The van der Waals surface area contributed by atoms with Gasteiger partial charge >= 0.3 is 0 Å². The molecule has 1 aromatic carbocycles. The third-order valence-electron chi connectivity index (χ3n) is 2.82. The molecule has 2 aromatic rings. The first-order valence-electron chi connectivity index (χ1n) is 6.34. The number of hydrogen-bond donors (Lipinski definition) is 1. The molecule has 2 N–H and O–H groups in total. The van der Waals surface area contributed by atoms with Gasteiger partial charge in [-0.05, 0) is 24.3 Å². The van der Waals surface area contributed by atoms with Gasteiger partial charge in [0.1, 0.15) is 22.4 Å². The zero-order valence-corrected chi connectivity index (χ0v) is 13.5. The summed E-state index contributed by atoms with van der Waals surface area (Å²) in [5.41, 5.74) is 7.58. The van der Waals surface area contributed by atoms with Gasteiger partial charge in [-0.3, -0.25) is 0 Å². The third kappa shape index (κ3) is 3.77. The van der Waals surface area contributed by atoms with E-state index in [4.69, 9.17) is 22.7 Å². The van der Waals surface area contributed by atoms with E-state index in [1.807, 2.05) is 24.3 Å². The van der Waals surface area contributed by atoms with Crippen LogP contribution < -0.4 is 10.5 Å². The maximum atomic E-state index is 5.72. The molecule has 0 saturated heterocycles. The molecule has 0 aliphatic heterocycles. The Bertz CT molecular complexity index is 597. The molecule has 20 heavy (non-hydrogen) atoms. The van der Waals surface area contributed by atoms with E-state index in [1.165, 1.54) is 0 Å². The number of benzene rings is 1. The molecule has 0 unspecified atom stereocenters. The van der Waals surface area contributed by atoms with E-state index in [1.54, 1.807) is 11.3 Å². The van der Waals surface area contributed by atoms with Crippen molar-refractivity contribution in [2.75, 3.05) is 0 Å². The average Bonchev–Trinajstić information content (AvgIpc) is 2.85. The summed E-state index contributed by atoms with van der Waals surface area (Å²) in [6, 6.07) is 7.46. The van der Waals surface area contributed by atoms with Crippen LogP contribution in [0, 0.1) is 0 Å². The van der Waals surface area contributed by atoms with Crippen LogP contribution in [0.4, 0.5) is 0 Å². The Labute approximate surface area is 128 Å². The summed E-state index contributed by atoms with van der Waals surface area (Å²) in [5, 5.41) is 3.07. The number of nitrogens with two attached hydrogens (primary N) is 1. The quantitative estimate of drug-likeness (QED) is 0.876. The minimum Gasteiger partial charge on any atom is -0.486 e. The normalized spacial score (nSPS) is 11.3. The van der Waals surface area contributed by atoms with Crippen LogP contribution in [0.5, 0.6) is 5.75 Å². The van der Waals surface area contributed by atoms with Crippen molar-refractivity contribution in [3.05, 3.63) is 45.9 Å². The van der Waals surface area contributed by atoms with Gasteiger partial charge in [-0.25, -0.2) is 4.98 Å². The van der Waals surface area contributed by atoms with Crippen molar-refractivity contribution in [1.29, 1.82) is 0 Å². The zero-order chi connectivity index (χ0) is 14.8. The molecule has 0 aliphatic carbocycles. The van der Waals surface area contributed by atoms with E-state index in [9.17, 15) is 0 Å². The van der Waals surface area contributed by atoms with Gasteiger partial charge in [0.15, 0.2) is 0 Å². The Morgan fingerprint density at radius 3 is 2.45 bits per heavy atom. The van der Waals surface area contributed by atoms with E-state index in [2.05, 4.69) is 31.1 Å². The van der Waals surface area contributed by atoms with Crippen molar-refractivity contribution in [3.8, 4) is 5.75 Å². The molecule has 1 aromatic heterocycles. The van der Waals surface area contributed by atoms with Gasteiger partial charge in [0.2, 0.25) is 0 Å². The summed E-state index contributed by atoms with van der Waals surface area (Å²) in [6.45, 7) is 6.94. The highest BCUT2D eigenvalue weighted by Gasteiger charge is 2.17. The summed E-state index contributed by atoms with van der Waals surface area (Å²) >= 11 is 6.54. The van der Waals surface area contributed by atoms with Gasteiger partial charge in [0.05, 0.1) is 5.69 Å². The zero-order valence-electron chi connectivity index (χ0n) is 11.8. The molecule has 5 heteroatoms. The van der Waals surface area contributed by atoms with Gasteiger partial charge in [-0.2, -0.15) is 0 Å². The summed E-state index contributed by atoms with van der Waals surface area (Å²) < 4.78 is 5.72. The molecule has 0 amide bonds. The highest BCUT2D eigenvalue weighted by Crippen LogP contribution is 2.24. The van der Waals surface area contributed by atoms with Gasteiger partial charge in [0.25, 0.3) is 0 Å². The molecule has 106 valence electrons. The second kappa shape index (κ2) is 5.89. The number of thiocarbonyl (C=S) groups is 1. The highest BCUT2D eigenvalue weighted by atomic mass is 32.1. The van der Waals surface area contributed by atoms with Crippen molar-refractivity contribution in [2.24, 2.45) is 5.73 Å². The van der Waals surface area contributed by atoms with Gasteiger partial charge in [0, 0.05) is 16.4 Å². The molecule has 0 aliphatic rings. The smallest absolute Gasteiger partial charge is 0.140 e. The summed E-state index contributed by atoms with van der Waals surface area (Å²) in [5.74, 6) is 0.789. The molecule has 0 bridgehead atoms. The standard InChI is InChI=1S/C15H18N2OS2/c1-15(2,3)12-9-20-13(17-12)8-18-11-6-4-10(5-7-11)14(16)19/h4-7,9H,8H2,1-3H3,(H2,16,19). The largest absolute Gasteiger partial charge is 0.486 e. The van der Waals surface area contributed by atoms with E-state index in [0.29, 0.717) is 11.6 Å². The SMILES string of the molecule is CC(C)(C)c1csc(COc2ccc(C(N)=S)cc2)n1. The van der Waals surface area contributed by atoms with Gasteiger partial charge in [-0.1, -0.05) is 33.0 Å². The van der Waals surface area contributed by atoms with Crippen molar-refractivity contribution in [1.82, 2.24) is 4.98 Å². The third-order valence-corrected chi connectivity index (χ3v) is 3.88. The lowest BCUT2D eigenvalue weighted by Gasteiger charge is -2.14. The van der Waals surface area contributed by atoms with E-state index in [-0.39, 0.29) is 5.41 Å². The first-order valence-corrected chi connectivity index (χ1v) is 7.62. The fraction of sp³-hybridized carbons (Fsp3) is 0.333. The molecule has 0 fully saturated rings. The van der Waals surface area contributed by atoms with Crippen LogP contribution >= 0.6 is 23.6 Å². The molecule has 3 nitrogen and oxygen atoms in total. The fourth-order valence-electron chi connectivity index (χ4n) is 1.58. The maximum Gasteiger partial charge on any atom is 0.140 e. The van der Waals surface area contributed by atoms with Crippen LogP contribution in [-0.4, -0.2) is 9.97 Å². The second-order valence-corrected chi connectivity index (χ2v) is 6.94. The van der Waals surface area contributed by atoms with Crippen LogP contribution in [-0.2, 0) is 12.0 Å². The lowest BCUT2D eigenvalue weighted by atomic mass is 9.93. The predicted molar refractivity (Wildman–Crippen MR) is 87.5 cm³/mol. The van der Waals surface area contributed by atoms with E-state index < -0.39 is 0 Å². The Morgan fingerprint density at radius 1 is 1.30 bits per heavy atom. The monoisotopic (exact) mass is 306 g/mol. The predicted octanol–water partition coefficient (Wildman–Crippen LogP) is 3.65. The van der Waals surface area contributed by atoms with Gasteiger partial charge < -0.3 is 10.5 Å². The second-order valence-electron chi connectivity index (χ2n) is 5.55. The number of aromatic nitrogens is 1. The molecule has 0 radical (unpaired) electrons. The van der Waals surface area contributed by atoms with E-state index in [0.717, 1.165) is 22.0 Å². The first kappa shape index (κ1) is 14.9. The summed E-state index contributed by atoms with van der Waals surface area (Å²) in [7, 11) is 0. The van der Waals surface area contributed by atoms with Crippen LogP contribution in [0.15, 0.2) is 29.6 Å². The number of ether oxygens (including phenoxy) is 1. The fourth-order valence-corrected chi connectivity index (χ4v) is 2.65. The molecular weight excluding hydrogens is 288 g/mol. The Kier molecular flexibility index (Phi) is 4.40. The number of nitrogens with zero attached hydrogens (tertiary/aromatic N) is 1. The molecule has 1 heterocycles. The molecule has 0 saturated carbocycles. The van der Waals surface area contributed by atoms with Crippen molar-refractivity contribution in [3.63, 3.8) is 0 Å². The van der Waals surface area contributed by atoms with Crippen molar-refractivity contribution < 1.29 is 4.74 Å². The summed E-state index contributed by atoms with van der Waals surface area (Å²) in [6.07, 6.45) is 0. The minimum atomic E-state index is 0.0766. The van der Waals surface area contributed by atoms with Crippen LogP contribution in [0.1, 0.15) is 37.0 Å². The Morgan fingerprint density at radius 2 is 1.95 bits per heavy atom. The minimum absolute atomic E-state index is 0.0766. The van der Waals surface area contributed by atoms with Crippen molar-refractivity contribution in [2.45, 2.75) is 32.8 Å². The Hall–Kier alpha value is -1.46. The first-order chi connectivity index (χ1) is 9.36. The number of rotatable bonds is 4. The lowest BCUT2D eigenvalue weighted by Crippen LogP contribution is -2.11. The molecule has 0 spiro atoms. The van der Waals surface area contributed by atoms with Crippen LogP contribution in [0.3, 0.4) is 0 Å². The van der Waals surface area contributed by atoms with Crippen molar-refractivity contribution >= 4 is 28.5 Å².